The number of hydrogen-bond donors (Lipinski definition) is 1. The van der Waals surface area contributed by atoms with Gasteiger partial charge in [-0.25, -0.2) is 4.85 Å². The lowest BCUT2D eigenvalue weighted by Gasteiger charge is -2.03. The van der Waals surface area contributed by atoms with Crippen LogP contribution in [0, 0.1) is 6.57 Å². The van der Waals surface area contributed by atoms with E-state index in [2.05, 4.69) is 4.85 Å². The van der Waals surface area contributed by atoms with E-state index >= 15 is 0 Å². The van der Waals surface area contributed by atoms with Crippen LogP contribution in [0.1, 0.15) is 0 Å². The smallest absolute Gasteiger partial charge is 0.256 e. The molecule has 0 radical (unpaired) electrons. The third-order valence-corrected chi connectivity index (χ3v) is 3.12. The average molecular weight is 260 g/mol. The zero-order valence-electron chi connectivity index (χ0n) is 10.7. The van der Waals surface area contributed by atoms with E-state index in [0.29, 0.717) is 11.4 Å². The molecule has 1 heterocycles. The highest BCUT2D eigenvalue weighted by atomic mass is 16.4. The Labute approximate surface area is 117 Å². The van der Waals surface area contributed by atoms with Crippen LogP contribution in [0.25, 0.3) is 27.3 Å². The molecule has 0 saturated heterocycles. The number of nitrogens with zero attached hydrogens (tertiary/aromatic N) is 1. The highest BCUT2D eigenvalue weighted by Crippen LogP contribution is 2.45. The van der Waals surface area contributed by atoms with E-state index < -0.39 is 0 Å². The summed E-state index contributed by atoms with van der Waals surface area (Å²) in [6.45, 7) is 7.34. The van der Waals surface area contributed by atoms with Crippen LogP contribution in [-0.4, -0.2) is 0 Å². The van der Waals surface area contributed by atoms with Crippen molar-refractivity contribution in [2.75, 3.05) is 5.73 Å². The Bertz CT molecular complexity index is 768. The van der Waals surface area contributed by atoms with E-state index in [9.17, 15) is 0 Å². The summed E-state index contributed by atoms with van der Waals surface area (Å²) in [5, 5.41) is 0. The summed E-state index contributed by atoms with van der Waals surface area (Å²) in [6, 6.07) is 19.4. The van der Waals surface area contributed by atoms with Crippen molar-refractivity contribution in [3.63, 3.8) is 0 Å². The van der Waals surface area contributed by atoms with Crippen LogP contribution in [0.2, 0.25) is 0 Å². The van der Waals surface area contributed by atoms with Crippen LogP contribution < -0.4 is 5.73 Å². The van der Waals surface area contributed by atoms with Gasteiger partial charge in [-0.15, -0.1) is 0 Å². The molecule has 96 valence electrons. The maximum absolute atomic E-state index is 7.34. The van der Waals surface area contributed by atoms with Gasteiger partial charge < -0.3 is 10.2 Å². The van der Waals surface area contributed by atoms with Gasteiger partial charge in [-0.05, 0) is 5.56 Å². The molecule has 0 aliphatic heterocycles. The van der Waals surface area contributed by atoms with Gasteiger partial charge in [-0.3, -0.25) is 0 Å². The third-order valence-electron chi connectivity index (χ3n) is 3.12. The van der Waals surface area contributed by atoms with Crippen molar-refractivity contribution >= 4 is 11.6 Å². The Balaban J connectivity index is 2.30. The summed E-state index contributed by atoms with van der Waals surface area (Å²) in [4.78, 5) is 3.52. The van der Waals surface area contributed by atoms with Crippen molar-refractivity contribution < 1.29 is 4.42 Å². The van der Waals surface area contributed by atoms with E-state index in [1.165, 1.54) is 0 Å². The van der Waals surface area contributed by atoms with Crippen molar-refractivity contribution in [3.8, 4) is 22.5 Å². The highest BCUT2D eigenvalue weighted by Gasteiger charge is 2.21. The van der Waals surface area contributed by atoms with Crippen molar-refractivity contribution in [2.24, 2.45) is 0 Å². The second kappa shape index (κ2) is 4.94. The van der Waals surface area contributed by atoms with Crippen molar-refractivity contribution in [2.45, 2.75) is 0 Å². The van der Waals surface area contributed by atoms with Gasteiger partial charge in [0.2, 0.25) is 0 Å². The lowest BCUT2D eigenvalue weighted by atomic mass is 10.0. The molecule has 0 spiro atoms. The number of nitrogen functional groups attached to an aromatic ring is 1. The minimum Gasteiger partial charge on any atom is -0.452 e. The molecule has 0 aliphatic carbocycles. The fraction of sp³-hybridized carbons (Fsp3) is 0. The van der Waals surface area contributed by atoms with E-state index in [1.54, 1.807) is 0 Å². The molecule has 0 atom stereocenters. The van der Waals surface area contributed by atoms with Crippen molar-refractivity contribution in [1.82, 2.24) is 0 Å². The van der Waals surface area contributed by atoms with Crippen LogP contribution in [0.15, 0.2) is 65.1 Å². The predicted octanol–water partition coefficient (Wildman–Crippen LogP) is 4.75. The Kier molecular flexibility index (Phi) is 2.98. The summed E-state index contributed by atoms with van der Waals surface area (Å²) in [6.07, 6.45) is 0. The lowest BCUT2D eigenvalue weighted by molar-refractivity contribution is 0.604. The van der Waals surface area contributed by atoms with Crippen LogP contribution in [-0.2, 0) is 0 Å². The van der Waals surface area contributed by atoms with Gasteiger partial charge in [0, 0.05) is 11.1 Å². The number of anilines is 1. The van der Waals surface area contributed by atoms with E-state index in [4.69, 9.17) is 16.7 Å². The minimum atomic E-state index is 0.165. The first-order valence-corrected chi connectivity index (χ1v) is 6.22. The van der Waals surface area contributed by atoms with E-state index in [-0.39, 0.29) is 5.88 Å². The van der Waals surface area contributed by atoms with Crippen LogP contribution in [0.4, 0.5) is 11.6 Å². The van der Waals surface area contributed by atoms with Gasteiger partial charge in [0.25, 0.3) is 5.69 Å². The normalized spacial score (nSPS) is 10.2. The monoisotopic (exact) mass is 260 g/mol. The van der Waals surface area contributed by atoms with Gasteiger partial charge in [0.15, 0.2) is 5.88 Å². The number of nitrogens with two attached hydrogens (primary N) is 1. The van der Waals surface area contributed by atoms with Crippen LogP contribution >= 0.6 is 0 Å². The molecule has 0 unspecified atom stereocenters. The minimum absolute atomic E-state index is 0.165. The Morgan fingerprint density at radius 2 is 1.40 bits per heavy atom. The molecule has 0 saturated carbocycles. The fourth-order valence-electron chi connectivity index (χ4n) is 2.22. The Morgan fingerprint density at radius 3 is 1.95 bits per heavy atom. The first kappa shape index (κ1) is 12.1. The molecule has 0 amide bonds. The molecule has 0 bridgehead atoms. The molecular formula is C17H12N2O. The average Bonchev–Trinajstić information content (AvgIpc) is 2.85. The van der Waals surface area contributed by atoms with Crippen LogP contribution in [0.5, 0.6) is 0 Å². The van der Waals surface area contributed by atoms with Gasteiger partial charge >= 0.3 is 0 Å². The van der Waals surface area contributed by atoms with Gasteiger partial charge in [0.1, 0.15) is 5.76 Å². The topological polar surface area (TPSA) is 43.5 Å². The molecule has 2 N–H and O–H groups in total. The first-order chi connectivity index (χ1) is 9.81. The summed E-state index contributed by atoms with van der Waals surface area (Å²) >= 11 is 0. The molecule has 2 aromatic carbocycles. The molecule has 0 fully saturated rings. The largest absolute Gasteiger partial charge is 0.452 e. The van der Waals surface area contributed by atoms with Gasteiger partial charge in [-0.2, -0.15) is 0 Å². The maximum atomic E-state index is 7.34. The molecule has 20 heavy (non-hydrogen) atoms. The number of furan rings is 1. The fourth-order valence-corrected chi connectivity index (χ4v) is 2.22. The summed E-state index contributed by atoms with van der Waals surface area (Å²) in [5.74, 6) is 0.804. The standard InChI is InChI=1S/C17H12N2O/c1-19-15-14(12-8-4-2-5-9-12)16(20-17(15)18)13-10-6-3-7-11-13/h2-11H,18H2. The van der Waals surface area contributed by atoms with E-state index in [0.717, 1.165) is 16.7 Å². The number of benzene rings is 2. The molecule has 0 aliphatic rings. The Morgan fingerprint density at radius 1 is 0.850 bits per heavy atom. The molecule has 3 heteroatoms. The molecule has 3 rings (SSSR count). The quantitative estimate of drug-likeness (QED) is 0.676. The number of hydrogen-bond acceptors (Lipinski definition) is 2. The summed E-state index contributed by atoms with van der Waals surface area (Å²) in [5.41, 5.74) is 8.81. The maximum Gasteiger partial charge on any atom is 0.256 e. The second-order valence-corrected chi connectivity index (χ2v) is 4.36. The van der Waals surface area contributed by atoms with E-state index in [1.807, 2.05) is 60.7 Å². The zero-order chi connectivity index (χ0) is 13.9. The van der Waals surface area contributed by atoms with Crippen LogP contribution in [0.3, 0.4) is 0 Å². The molecule has 3 nitrogen and oxygen atoms in total. The zero-order valence-corrected chi connectivity index (χ0v) is 10.7. The molecule has 3 aromatic rings. The van der Waals surface area contributed by atoms with Crippen molar-refractivity contribution in [3.05, 3.63) is 72.1 Å². The van der Waals surface area contributed by atoms with Gasteiger partial charge in [0.05, 0.1) is 6.57 Å². The summed E-state index contributed by atoms with van der Waals surface area (Å²) in [7, 11) is 0. The first-order valence-electron chi connectivity index (χ1n) is 6.22. The molecule has 1 aromatic heterocycles. The van der Waals surface area contributed by atoms with Crippen molar-refractivity contribution in [1.29, 1.82) is 0 Å². The number of rotatable bonds is 2. The highest BCUT2D eigenvalue weighted by molar-refractivity contribution is 5.94. The Hall–Kier alpha value is -2.99. The van der Waals surface area contributed by atoms with Gasteiger partial charge in [-0.1, -0.05) is 60.7 Å². The molecular weight excluding hydrogens is 248 g/mol. The summed E-state index contributed by atoms with van der Waals surface area (Å²) < 4.78 is 5.64. The SMILES string of the molecule is [C-]#[N+]c1c(N)oc(-c2ccccc2)c1-c1ccccc1. The second-order valence-electron chi connectivity index (χ2n) is 4.36. The third kappa shape index (κ3) is 1.94. The predicted molar refractivity (Wildman–Crippen MR) is 80.3 cm³/mol. The lowest BCUT2D eigenvalue weighted by Crippen LogP contribution is -1.80.